The van der Waals surface area contributed by atoms with Crippen molar-refractivity contribution >= 4 is 5.97 Å². The summed E-state index contributed by atoms with van der Waals surface area (Å²) in [6.07, 6.45) is 0. The van der Waals surface area contributed by atoms with E-state index in [1.165, 1.54) is 7.11 Å². The van der Waals surface area contributed by atoms with Crippen LogP contribution in [0.25, 0.3) is 11.1 Å². The molecule has 2 heteroatoms. The van der Waals surface area contributed by atoms with E-state index in [1.807, 2.05) is 72.8 Å². The Labute approximate surface area is 141 Å². The van der Waals surface area contributed by atoms with Crippen molar-refractivity contribution < 1.29 is 9.53 Å². The molecule has 116 valence electrons. The van der Waals surface area contributed by atoms with Crippen molar-refractivity contribution in [3.05, 3.63) is 95.6 Å². The lowest BCUT2D eigenvalue weighted by atomic mass is 9.97. The molecule has 3 aromatic rings. The van der Waals surface area contributed by atoms with Gasteiger partial charge in [0.1, 0.15) is 0 Å². The largest absolute Gasteiger partial charge is 0.465 e. The number of methoxy groups -OCH3 is 1. The molecule has 0 saturated carbocycles. The predicted molar refractivity (Wildman–Crippen MR) is 95.6 cm³/mol. The molecule has 0 aliphatic carbocycles. The van der Waals surface area contributed by atoms with E-state index in [2.05, 4.69) is 11.8 Å². The Morgan fingerprint density at radius 3 is 2.08 bits per heavy atom. The van der Waals surface area contributed by atoms with Crippen LogP contribution in [0.2, 0.25) is 0 Å². The third-order valence-corrected chi connectivity index (χ3v) is 3.63. The molecule has 0 amide bonds. The molecule has 0 N–H and O–H groups in total. The van der Waals surface area contributed by atoms with Crippen molar-refractivity contribution in [2.75, 3.05) is 7.11 Å². The summed E-state index contributed by atoms with van der Waals surface area (Å²) in [7, 11) is 1.39. The van der Waals surface area contributed by atoms with Gasteiger partial charge >= 0.3 is 5.97 Å². The molecule has 3 aromatic carbocycles. The van der Waals surface area contributed by atoms with Crippen LogP contribution in [-0.2, 0) is 4.74 Å². The third-order valence-electron chi connectivity index (χ3n) is 3.63. The Morgan fingerprint density at radius 2 is 1.42 bits per heavy atom. The van der Waals surface area contributed by atoms with Crippen LogP contribution in [0.3, 0.4) is 0 Å². The van der Waals surface area contributed by atoms with E-state index in [9.17, 15) is 4.79 Å². The van der Waals surface area contributed by atoms with Crippen molar-refractivity contribution in [3.63, 3.8) is 0 Å². The number of hydrogen-bond acceptors (Lipinski definition) is 2. The van der Waals surface area contributed by atoms with Gasteiger partial charge in [-0.1, -0.05) is 60.4 Å². The fraction of sp³-hybridized carbons (Fsp3) is 0.0455. The van der Waals surface area contributed by atoms with Gasteiger partial charge in [-0.15, -0.1) is 0 Å². The minimum absolute atomic E-state index is 0.351. The second-order valence-corrected chi connectivity index (χ2v) is 5.23. The Hall–Kier alpha value is -3.31. The van der Waals surface area contributed by atoms with Gasteiger partial charge in [0, 0.05) is 11.1 Å². The maximum Gasteiger partial charge on any atom is 0.338 e. The van der Waals surface area contributed by atoms with Crippen LogP contribution >= 0.6 is 0 Å². The molecular formula is C22H16O2. The molecule has 0 saturated heterocycles. The summed E-state index contributed by atoms with van der Waals surface area (Å²) in [5.41, 5.74) is 4.12. The summed E-state index contributed by atoms with van der Waals surface area (Å²) in [4.78, 5) is 12.0. The molecular weight excluding hydrogens is 296 g/mol. The van der Waals surface area contributed by atoms with E-state index in [-0.39, 0.29) is 5.97 Å². The van der Waals surface area contributed by atoms with Crippen LogP contribution in [0.1, 0.15) is 21.5 Å². The summed E-state index contributed by atoms with van der Waals surface area (Å²) in [5, 5.41) is 0. The summed E-state index contributed by atoms with van der Waals surface area (Å²) in [5.74, 6) is 5.94. The zero-order valence-electron chi connectivity index (χ0n) is 13.3. The van der Waals surface area contributed by atoms with E-state index >= 15 is 0 Å². The first-order valence-corrected chi connectivity index (χ1v) is 7.63. The fourth-order valence-corrected chi connectivity index (χ4v) is 2.43. The lowest BCUT2D eigenvalue weighted by molar-refractivity contribution is 0.0601. The Bertz CT molecular complexity index is 901. The van der Waals surface area contributed by atoms with Crippen molar-refractivity contribution in [2.24, 2.45) is 0 Å². The van der Waals surface area contributed by atoms with Gasteiger partial charge in [-0.3, -0.25) is 0 Å². The summed E-state index contributed by atoms with van der Waals surface area (Å²) < 4.78 is 4.89. The van der Waals surface area contributed by atoms with E-state index < -0.39 is 0 Å². The van der Waals surface area contributed by atoms with Crippen LogP contribution in [0.5, 0.6) is 0 Å². The van der Waals surface area contributed by atoms with Gasteiger partial charge in [-0.2, -0.15) is 0 Å². The number of esters is 1. The molecule has 0 fully saturated rings. The van der Waals surface area contributed by atoms with Crippen LogP contribution in [-0.4, -0.2) is 13.1 Å². The zero-order valence-corrected chi connectivity index (χ0v) is 13.3. The molecule has 0 aromatic heterocycles. The van der Waals surface area contributed by atoms with Crippen LogP contribution in [0.4, 0.5) is 0 Å². The lowest BCUT2D eigenvalue weighted by Gasteiger charge is -2.09. The van der Waals surface area contributed by atoms with Crippen molar-refractivity contribution in [2.45, 2.75) is 0 Å². The van der Waals surface area contributed by atoms with Crippen molar-refractivity contribution in [3.8, 4) is 23.0 Å². The third kappa shape index (κ3) is 3.53. The predicted octanol–water partition coefficient (Wildman–Crippen LogP) is 4.54. The molecule has 2 nitrogen and oxygen atoms in total. The van der Waals surface area contributed by atoms with Crippen LogP contribution < -0.4 is 0 Å². The monoisotopic (exact) mass is 312 g/mol. The van der Waals surface area contributed by atoms with E-state index in [1.54, 1.807) is 6.07 Å². The topological polar surface area (TPSA) is 26.3 Å². The van der Waals surface area contributed by atoms with Crippen molar-refractivity contribution in [1.82, 2.24) is 0 Å². The molecule has 0 unspecified atom stereocenters. The normalized spacial score (nSPS) is 9.71. The van der Waals surface area contributed by atoms with Gasteiger partial charge in [0.05, 0.1) is 12.7 Å². The highest BCUT2D eigenvalue weighted by Crippen LogP contribution is 2.25. The first-order chi connectivity index (χ1) is 11.8. The Morgan fingerprint density at radius 1 is 0.792 bits per heavy atom. The minimum Gasteiger partial charge on any atom is -0.465 e. The highest BCUT2D eigenvalue weighted by atomic mass is 16.5. The SMILES string of the molecule is COC(=O)c1ccc(C#Cc2ccccc2)cc1-c1ccccc1. The van der Waals surface area contributed by atoms with Crippen molar-refractivity contribution in [1.29, 1.82) is 0 Å². The number of carbonyl (C=O) groups is 1. The van der Waals surface area contributed by atoms with Crippen LogP contribution in [0.15, 0.2) is 78.9 Å². The maximum absolute atomic E-state index is 12.0. The highest BCUT2D eigenvalue weighted by molar-refractivity contribution is 5.97. The van der Waals surface area contributed by atoms with Gasteiger partial charge < -0.3 is 4.74 Å². The molecule has 3 rings (SSSR count). The summed E-state index contributed by atoms with van der Waals surface area (Å²) in [6, 6.07) is 25.1. The van der Waals surface area contributed by atoms with E-state index in [4.69, 9.17) is 4.74 Å². The summed E-state index contributed by atoms with van der Waals surface area (Å²) >= 11 is 0. The number of hydrogen-bond donors (Lipinski definition) is 0. The second-order valence-electron chi connectivity index (χ2n) is 5.23. The first-order valence-electron chi connectivity index (χ1n) is 7.63. The highest BCUT2D eigenvalue weighted by Gasteiger charge is 2.13. The molecule has 0 heterocycles. The average Bonchev–Trinajstić information content (AvgIpc) is 2.67. The number of benzene rings is 3. The van der Waals surface area contributed by atoms with Crippen LogP contribution in [0, 0.1) is 11.8 Å². The molecule has 0 aliphatic heterocycles. The minimum atomic E-state index is -0.351. The van der Waals surface area contributed by atoms with E-state index in [0.717, 1.165) is 22.3 Å². The molecule has 0 spiro atoms. The number of rotatable bonds is 2. The number of ether oxygens (including phenoxy) is 1. The molecule has 0 radical (unpaired) electrons. The fourth-order valence-electron chi connectivity index (χ4n) is 2.43. The molecule has 0 atom stereocenters. The Balaban J connectivity index is 2.05. The smallest absolute Gasteiger partial charge is 0.338 e. The quantitative estimate of drug-likeness (QED) is 0.513. The van der Waals surface area contributed by atoms with Gasteiger partial charge in [0.2, 0.25) is 0 Å². The molecule has 0 bridgehead atoms. The van der Waals surface area contributed by atoms with Gasteiger partial charge in [-0.05, 0) is 41.5 Å². The maximum atomic E-state index is 12.0. The number of carbonyl (C=O) groups excluding carboxylic acids is 1. The molecule has 0 aliphatic rings. The second kappa shape index (κ2) is 7.30. The molecule has 24 heavy (non-hydrogen) atoms. The van der Waals surface area contributed by atoms with Gasteiger partial charge in [-0.25, -0.2) is 4.79 Å². The Kier molecular flexibility index (Phi) is 4.74. The zero-order chi connectivity index (χ0) is 16.8. The first kappa shape index (κ1) is 15.6. The van der Waals surface area contributed by atoms with Gasteiger partial charge in [0.25, 0.3) is 0 Å². The average molecular weight is 312 g/mol. The summed E-state index contributed by atoms with van der Waals surface area (Å²) in [6.45, 7) is 0. The van der Waals surface area contributed by atoms with E-state index in [0.29, 0.717) is 5.56 Å². The standard InChI is InChI=1S/C22H16O2/c1-24-22(23)20-15-14-18(13-12-17-8-4-2-5-9-17)16-21(20)19-10-6-3-7-11-19/h2-11,14-16H,1H3. The lowest BCUT2D eigenvalue weighted by Crippen LogP contribution is -2.03. The van der Waals surface area contributed by atoms with Gasteiger partial charge in [0.15, 0.2) is 0 Å².